The minimum atomic E-state index is -0.266. The first-order chi connectivity index (χ1) is 13.0. The molecule has 142 valence electrons. The number of aryl methyl sites for hydroxylation is 1. The van der Waals surface area contributed by atoms with E-state index in [9.17, 15) is 4.79 Å². The minimum absolute atomic E-state index is 0.266. The number of hydrogen-bond donors (Lipinski definition) is 1. The topological polar surface area (TPSA) is 60.7 Å². The average Bonchev–Trinajstić information content (AvgIpc) is 2.97. The maximum Gasteiger partial charge on any atom is 0.259 e. The van der Waals surface area contributed by atoms with Crippen LogP contribution in [0.5, 0.6) is 11.5 Å². The van der Waals surface area contributed by atoms with Crippen LogP contribution in [0.3, 0.4) is 0 Å². The molecule has 0 aliphatic heterocycles. The lowest BCUT2D eigenvalue weighted by molar-refractivity contribution is 0.102. The minimum Gasteiger partial charge on any atom is -0.495 e. The second-order valence-corrected chi connectivity index (χ2v) is 6.60. The molecular formula is C21H22ClNO4. The number of carbonyl (C=O) groups is 1. The van der Waals surface area contributed by atoms with Gasteiger partial charge in [-0.15, -0.1) is 0 Å². The average molecular weight is 388 g/mol. The quantitative estimate of drug-likeness (QED) is 0.518. The fourth-order valence-electron chi connectivity index (χ4n) is 2.84. The van der Waals surface area contributed by atoms with Crippen molar-refractivity contribution in [2.24, 2.45) is 0 Å². The largest absolute Gasteiger partial charge is 0.495 e. The monoisotopic (exact) mass is 387 g/mol. The van der Waals surface area contributed by atoms with Crippen molar-refractivity contribution in [2.45, 2.75) is 26.7 Å². The van der Waals surface area contributed by atoms with Crippen molar-refractivity contribution >= 4 is 34.2 Å². The van der Waals surface area contributed by atoms with Gasteiger partial charge in [0.1, 0.15) is 22.8 Å². The number of unbranched alkanes of at least 4 members (excludes halogenated alkanes) is 1. The third kappa shape index (κ3) is 4.19. The molecule has 0 aliphatic rings. The summed E-state index contributed by atoms with van der Waals surface area (Å²) in [6.07, 6.45) is 2.04. The predicted octanol–water partition coefficient (Wildman–Crippen LogP) is 5.83. The highest BCUT2D eigenvalue weighted by atomic mass is 35.5. The van der Waals surface area contributed by atoms with Crippen molar-refractivity contribution in [1.29, 1.82) is 0 Å². The number of hydrogen-bond acceptors (Lipinski definition) is 4. The Bertz CT molecular complexity index is 964. The van der Waals surface area contributed by atoms with Gasteiger partial charge in [0.05, 0.1) is 24.3 Å². The molecule has 0 spiro atoms. The Morgan fingerprint density at radius 3 is 2.74 bits per heavy atom. The van der Waals surface area contributed by atoms with Crippen molar-refractivity contribution in [3.05, 3.63) is 52.7 Å². The molecule has 1 heterocycles. The highest BCUT2D eigenvalue weighted by molar-refractivity contribution is 6.32. The molecule has 3 rings (SSSR count). The van der Waals surface area contributed by atoms with Crippen LogP contribution in [0.25, 0.3) is 11.0 Å². The summed E-state index contributed by atoms with van der Waals surface area (Å²) in [6.45, 7) is 4.53. The number of anilines is 1. The molecule has 0 saturated carbocycles. The van der Waals surface area contributed by atoms with E-state index in [0.717, 1.165) is 24.0 Å². The molecule has 2 aromatic carbocycles. The molecule has 0 saturated heterocycles. The normalized spacial score (nSPS) is 10.8. The summed E-state index contributed by atoms with van der Waals surface area (Å²) in [5.74, 6) is 1.55. The second-order valence-electron chi connectivity index (χ2n) is 6.20. The van der Waals surface area contributed by atoms with Crippen LogP contribution >= 0.6 is 11.6 Å². The zero-order valence-corrected chi connectivity index (χ0v) is 16.4. The first-order valence-electron chi connectivity index (χ1n) is 8.84. The van der Waals surface area contributed by atoms with E-state index in [-0.39, 0.29) is 5.91 Å². The summed E-state index contributed by atoms with van der Waals surface area (Å²) in [4.78, 5) is 12.9. The van der Waals surface area contributed by atoms with Gasteiger partial charge in [-0.3, -0.25) is 4.79 Å². The molecule has 1 amide bonds. The summed E-state index contributed by atoms with van der Waals surface area (Å²) in [7, 11) is 1.54. The molecular weight excluding hydrogens is 366 g/mol. The Hall–Kier alpha value is -2.66. The van der Waals surface area contributed by atoms with E-state index < -0.39 is 0 Å². The highest BCUT2D eigenvalue weighted by Crippen LogP contribution is 2.31. The fourth-order valence-corrected chi connectivity index (χ4v) is 3.10. The van der Waals surface area contributed by atoms with Gasteiger partial charge in [-0.05, 0) is 49.7 Å². The van der Waals surface area contributed by atoms with Crippen molar-refractivity contribution in [1.82, 2.24) is 0 Å². The Labute approximate surface area is 163 Å². The number of benzene rings is 2. The van der Waals surface area contributed by atoms with Gasteiger partial charge in [-0.25, -0.2) is 0 Å². The zero-order valence-electron chi connectivity index (χ0n) is 15.6. The Balaban J connectivity index is 1.87. The maximum absolute atomic E-state index is 12.9. The zero-order chi connectivity index (χ0) is 19.4. The standard InChI is InChI=1S/C21H22ClNO4/c1-4-5-10-26-15-7-9-18-16(12-15)20(13(2)27-18)21(24)23-14-6-8-19(25-3)17(22)11-14/h6-9,11-12H,4-5,10H2,1-3H3,(H,23,24). The van der Waals surface area contributed by atoms with E-state index in [2.05, 4.69) is 12.2 Å². The van der Waals surface area contributed by atoms with Gasteiger partial charge < -0.3 is 19.2 Å². The summed E-state index contributed by atoms with van der Waals surface area (Å²) < 4.78 is 16.6. The van der Waals surface area contributed by atoms with Crippen molar-refractivity contribution in [3.8, 4) is 11.5 Å². The van der Waals surface area contributed by atoms with E-state index in [1.54, 1.807) is 32.2 Å². The number of ether oxygens (including phenoxy) is 2. The van der Waals surface area contributed by atoms with Gasteiger partial charge in [-0.1, -0.05) is 24.9 Å². The highest BCUT2D eigenvalue weighted by Gasteiger charge is 2.19. The fraction of sp³-hybridized carbons (Fsp3) is 0.286. The lowest BCUT2D eigenvalue weighted by Gasteiger charge is -2.08. The van der Waals surface area contributed by atoms with Crippen LogP contribution in [0.2, 0.25) is 5.02 Å². The van der Waals surface area contributed by atoms with Crippen LogP contribution in [0.4, 0.5) is 5.69 Å². The molecule has 0 unspecified atom stereocenters. The number of rotatable bonds is 7. The molecule has 0 bridgehead atoms. The second kappa shape index (κ2) is 8.35. The lowest BCUT2D eigenvalue weighted by Crippen LogP contribution is -2.12. The molecule has 5 nitrogen and oxygen atoms in total. The molecule has 1 N–H and O–H groups in total. The van der Waals surface area contributed by atoms with Crippen LogP contribution in [0.1, 0.15) is 35.9 Å². The molecule has 27 heavy (non-hydrogen) atoms. The molecule has 0 fully saturated rings. The molecule has 0 radical (unpaired) electrons. The van der Waals surface area contributed by atoms with Crippen LogP contribution in [-0.2, 0) is 0 Å². The first-order valence-corrected chi connectivity index (χ1v) is 9.22. The van der Waals surface area contributed by atoms with E-state index >= 15 is 0 Å². The molecule has 3 aromatic rings. The smallest absolute Gasteiger partial charge is 0.259 e. The summed E-state index contributed by atoms with van der Waals surface area (Å²) >= 11 is 6.13. The molecule has 6 heteroatoms. The third-order valence-electron chi connectivity index (χ3n) is 4.24. The van der Waals surface area contributed by atoms with E-state index in [4.69, 9.17) is 25.5 Å². The van der Waals surface area contributed by atoms with E-state index in [1.807, 2.05) is 18.2 Å². The van der Waals surface area contributed by atoms with Gasteiger partial charge in [0.25, 0.3) is 5.91 Å². The summed E-state index contributed by atoms with van der Waals surface area (Å²) in [5, 5.41) is 4.01. The number of furan rings is 1. The number of nitrogens with one attached hydrogen (secondary N) is 1. The van der Waals surface area contributed by atoms with Crippen LogP contribution in [0, 0.1) is 6.92 Å². The Morgan fingerprint density at radius 2 is 2.04 bits per heavy atom. The van der Waals surface area contributed by atoms with Gasteiger partial charge >= 0.3 is 0 Å². The first kappa shape index (κ1) is 19.1. The molecule has 0 aliphatic carbocycles. The van der Waals surface area contributed by atoms with Crippen molar-refractivity contribution in [2.75, 3.05) is 19.0 Å². The van der Waals surface area contributed by atoms with Crippen LogP contribution < -0.4 is 14.8 Å². The number of amides is 1. The Morgan fingerprint density at radius 1 is 1.22 bits per heavy atom. The van der Waals surface area contributed by atoms with Crippen molar-refractivity contribution < 1.29 is 18.7 Å². The van der Waals surface area contributed by atoms with Gasteiger partial charge in [0.2, 0.25) is 0 Å². The summed E-state index contributed by atoms with van der Waals surface area (Å²) in [5.41, 5.74) is 1.71. The van der Waals surface area contributed by atoms with Crippen molar-refractivity contribution in [3.63, 3.8) is 0 Å². The SMILES string of the molecule is CCCCOc1ccc2oc(C)c(C(=O)Nc3ccc(OC)c(Cl)c3)c2c1. The van der Waals surface area contributed by atoms with E-state index in [0.29, 0.717) is 40.0 Å². The van der Waals surface area contributed by atoms with Gasteiger partial charge in [-0.2, -0.15) is 0 Å². The predicted molar refractivity (Wildman–Crippen MR) is 107 cm³/mol. The number of carbonyl (C=O) groups excluding carboxylic acids is 1. The lowest BCUT2D eigenvalue weighted by atomic mass is 10.1. The number of fused-ring (bicyclic) bond motifs is 1. The molecule has 1 aromatic heterocycles. The molecule has 0 atom stereocenters. The number of methoxy groups -OCH3 is 1. The van der Waals surface area contributed by atoms with Gasteiger partial charge in [0, 0.05) is 11.1 Å². The van der Waals surface area contributed by atoms with Gasteiger partial charge in [0.15, 0.2) is 0 Å². The van der Waals surface area contributed by atoms with Crippen LogP contribution in [-0.4, -0.2) is 19.6 Å². The number of halogens is 1. The maximum atomic E-state index is 12.9. The summed E-state index contributed by atoms with van der Waals surface area (Å²) in [6, 6.07) is 10.6. The third-order valence-corrected chi connectivity index (χ3v) is 4.53. The van der Waals surface area contributed by atoms with E-state index in [1.165, 1.54) is 0 Å². The Kier molecular flexibility index (Phi) is 5.91. The van der Waals surface area contributed by atoms with Crippen LogP contribution in [0.15, 0.2) is 40.8 Å².